The molecule has 0 aliphatic carbocycles. The zero-order valence-corrected chi connectivity index (χ0v) is 8.23. The second-order valence-electron chi connectivity index (χ2n) is 3.24. The molecule has 0 radical (unpaired) electrons. The van der Waals surface area contributed by atoms with Crippen LogP contribution in [0.3, 0.4) is 0 Å². The highest BCUT2D eigenvalue weighted by Crippen LogP contribution is 2.11. The Morgan fingerprint density at radius 3 is 2.77 bits per heavy atom. The number of aromatic nitrogens is 2. The van der Waals surface area contributed by atoms with Crippen LogP contribution in [0.15, 0.2) is 12.4 Å². The highest BCUT2D eigenvalue weighted by Gasteiger charge is 2.07. The average molecular weight is 180 g/mol. The number of carbonyl (C=O) groups is 1. The molecule has 0 aromatic carbocycles. The van der Waals surface area contributed by atoms with E-state index in [0.717, 1.165) is 25.7 Å². The first kappa shape index (κ1) is 9.96. The molecule has 1 heterocycles. The SMILES string of the molecule is CCC(CC)Cn1ccnc1C=O. The van der Waals surface area contributed by atoms with Gasteiger partial charge in [0.15, 0.2) is 12.1 Å². The van der Waals surface area contributed by atoms with Crippen molar-refractivity contribution in [1.82, 2.24) is 9.55 Å². The summed E-state index contributed by atoms with van der Waals surface area (Å²) in [5.74, 6) is 1.18. The Hall–Kier alpha value is -1.12. The van der Waals surface area contributed by atoms with Crippen molar-refractivity contribution >= 4 is 6.29 Å². The van der Waals surface area contributed by atoms with Crippen molar-refractivity contribution < 1.29 is 4.79 Å². The molecule has 1 rings (SSSR count). The van der Waals surface area contributed by atoms with Crippen molar-refractivity contribution in [2.75, 3.05) is 0 Å². The topological polar surface area (TPSA) is 34.9 Å². The number of nitrogens with zero attached hydrogens (tertiary/aromatic N) is 2. The van der Waals surface area contributed by atoms with Crippen LogP contribution in [0.2, 0.25) is 0 Å². The van der Waals surface area contributed by atoms with Crippen molar-refractivity contribution in [3.63, 3.8) is 0 Å². The third-order valence-corrected chi connectivity index (χ3v) is 2.46. The van der Waals surface area contributed by atoms with Gasteiger partial charge in [0.05, 0.1) is 0 Å². The standard InChI is InChI=1S/C10H16N2O/c1-3-9(4-2)7-12-6-5-11-10(12)8-13/h5-6,8-9H,3-4,7H2,1-2H3. The van der Waals surface area contributed by atoms with Gasteiger partial charge >= 0.3 is 0 Å². The summed E-state index contributed by atoms with van der Waals surface area (Å²) >= 11 is 0. The van der Waals surface area contributed by atoms with E-state index in [1.165, 1.54) is 0 Å². The maximum absolute atomic E-state index is 10.6. The predicted octanol–water partition coefficient (Wildman–Crippen LogP) is 2.13. The zero-order valence-electron chi connectivity index (χ0n) is 8.23. The number of imidazole rings is 1. The summed E-state index contributed by atoms with van der Waals surface area (Å²) < 4.78 is 1.92. The Morgan fingerprint density at radius 2 is 2.23 bits per heavy atom. The van der Waals surface area contributed by atoms with Gasteiger partial charge in [-0.2, -0.15) is 0 Å². The number of carbonyl (C=O) groups excluding carboxylic acids is 1. The van der Waals surface area contributed by atoms with Gasteiger partial charge in [0.2, 0.25) is 0 Å². The van der Waals surface area contributed by atoms with Crippen molar-refractivity contribution in [3.8, 4) is 0 Å². The second kappa shape index (κ2) is 4.80. The maximum Gasteiger partial charge on any atom is 0.185 e. The Kier molecular flexibility index (Phi) is 3.68. The Bertz CT molecular complexity index is 264. The van der Waals surface area contributed by atoms with Gasteiger partial charge < -0.3 is 4.57 Å². The molecule has 72 valence electrons. The number of aldehydes is 1. The van der Waals surface area contributed by atoms with Crippen LogP contribution in [-0.2, 0) is 6.54 Å². The molecule has 0 fully saturated rings. The average Bonchev–Trinajstić information content (AvgIpc) is 2.61. The fourth-order valence-corrected chi connectivity index (χ4v) is 1.42. The minimum atomic E-state index is 0.534. The molecule has 0 spiro atoms. The lowest BCUT2D eigenvalue weighted by molar-refractivity contribution is 0.111. The van der Waals surface area contributed by atoms with Crippen molar-refractivity contribution in [2.45, 2.75) is 33.2 Å². The van der Waals surface area contributed by atoms with Gasteiger partial charge in [-0.25, -0.2) is 4.98 Å². The van der Waals surface area contributed by atoms with E-state index in [-0.39, 0.29) is 0 Å². The van der Waals surface area contributed by atoms with Gasteiger partial charge in [0, 0.05) is 18.9 Å². The van der Waals surface area contributed by atoms with Crippen LogP contribution in [0.1, 0.15) is 37.3 Å². The predicted molar refractivity (Wildman–Crippen MR) is 51.7 cm³/mol. The summed E-state index contributed by atoms with van der Waals surface area (Å²) in [4.78, 5) is 14.5. The molecule has 3 nitrogen and oxygen atoms in total. The van der Waals surface area contributed by atoms with Crippen LogP contribution in [0.5, 0.6) is 0 Å². The van der Waals surface area contributed by atoms with Crippen molar-refractivity contribution in [1.29, 1.82) is 0 Å². The molecule has 0 amide bonds. The van der Waals surface area contributed by atoms with Crippen LogP contribution in [0, 0.1) is 5.92 Å². The number of hydrogen-bond donors (Lipinski definition) is 0. The summed E-state index contributed by atoms with van der Waals surface area (Å²) in [7, 11) is 0. The summed E-state index contributed by atoms with van der Waals surface area (Å²) in [5.41, 5.74) is 0. The van der Waals surface area contributed by atoms with E-state index in [9.17, 15) is 4.79 Å². The fraction of sp³-hybridized carbons (Fsp3) is 0.600. The van der Waals surface area contributed by atoms with Gasteiger partial charge in [-0.1, -0.05) is 26.7 Å². The van der Waals surface area contributed by atoms with E-state index >= 15 is 0 Å². The highest BCUT2D eigenvalue weighted by atomic mass is 16.1. The first-order valence-electron chi connectivity index (χ1n) is 4.78. The molecule has 13 heavy (non-hydrogen) atoms. The largest absolute Gasteiger partial charge is 0.328 e. The lowest BCUT2D eigenvalue weighted by atomic mass is 10.0. The van der Waals surface area contributed by atoms with E-state index in [4.69, 9.17) is 0 Å². The Labute approximate surface area is 78.8 Å². The molecule has 0 saturated carbocycles. The van der Waals surface area contributed by atoms with Crippen molar-refractivity contribution in [3.05, 3.63) is 18.2 Å². The molecule has 0 N–H and O–H groups in total. The highest BCUT2D eigenvalue weighted by molar-refractivity contribution is 5.69. The van der Waals surface area contributed by atoms with E-state index in [1.54, 1.807) is 6.20 Å². The normalized spacial score (nSPS) is 10.7. The first-order valence-corrected chi connectivity index (χ1v) is 4.78. The minimum absolute atomic E-state index is 0.534. The summed E-state index contributed by atoms with van der Waals surface area (Å²) in [6.45, 7) is 5.25. The van der Waals surface area contributed by atoms with Crippen LogP contribution in [-0.4, -0.2) is 15.8 Å². The summed E-state index contributed by atoms with van der Waals surface area (Å²) in [5, 5.41) is 0. The molecule has 1 aromatic rings. The maximum atomic E-state index is 10.6. The van der Waals surface area contributed by atoms with Gasteiger partial charge in [-0.05, 0) is 5.92 Å². The van der Waals surface area contributed by atoms with Gasteiger partial charge in [0.25, 0.3) is 0 Å². The number of hydrogen-bond acceptors (Lipinski definition) is 2. The van der Waals surface area contributed by atoms with Crippen LogP contribution in [0.4, 0.5) is 0 Å². The number of rotatable bonds is 5. The molecule has 0 aliphatic rings. The van der Waals surface area contributed by atoms with Gasteiger partial charge in [-0.15, -0.1) is 0 Å². The molecular weight excluding hydrogens is 164 g/mol. The first-order chi connectivity index (χ1) is 6.31. The van der Waals surface area contributed by atoms with Crippen LogP contribution in [0.25, 0.3) is 0 Å². The van der Waals surface area contributed by atoms with E-state index in [0.29, 0.717) is 11.7 Å². The Balaban J connectivity index is 2.66. The smallest absolute Gasteiger partial charge is 0.185 e. The van der Waals surface area contributed by atoms with E-state index < -0.39 is 0 Å². The molecule has 0 unspecified atom stereocenters. The Morgan fingerprint density at radius 1 is 1.54 bits per heavy atom. The van der Waals surface area contributed by atoms with E-state index in [2.05, 4.69) is 18.8 Å². The lowest BCUT2D eigenvalue weighted by Crippen LogP contribution is -2.10. The fourth-order valence-electron chi connectivity index (χ4n) is 1.42. The summed E-state index contributed by atoms with van der Waals surface area (Å²) in [6.07, 6.45) is 6.64. The monoisotopic (exact) mass is 180 g/mol. The molecule has 3 heteroatoms. The third-order valence-electron chi connectivity index (χ3n) is 2.46. The van der Waals surface area contributed by atoms with Crippen molar-refractivity contribution in [2.24, 2.45) is 5.92 Å². The molecule has 1 aromatic heterocycles. The second-order valence-corrected chi connectivity index (χ2v) is 3.24. The quantitative estimate of drug-likeness (QED) is 0.650. The lowest BCUT2D eigenvalue weighted by Gasteiger charge is -2.13. The van der Waals surface area contributed by atoms with E-state index in [1.807, 2.05) is 10.8 Å². The molecule has 0 aliphatic heterocycles. The minimum Gasteiger partial charge on any atom is -0.328 e. The van der Waals surface area contributed by atoms with Crippen LogP contribution < -0.4 is 0 Å². The third kappa shape index (κ3) is 2.41. The van der Waals surface area contributed by atoms with Gasteiger partial charge in [-0.3, -0.25) is 4.79 Å². The summed E-state index contributed by atoms with van der Waals surface area (Å²) in [6, 6.07) is 0. The van der Waals surface area contributed by atoms with Crippen LogP contribution >= 0.6 is 0 Å². The zero-order chi connectivity index (χ0) is 9.68. The molecular formula is C10H16N2O. The molecule has 0 bridgehead atoms. The molecule has 0 saturated heterocycles. The molecule has 0 atom stereocenters. The van der Waals surface area contributed by atoms with Gasteiger partial charge in [0.1, 0.15) is 0 Å².